The van der Waals surface area contributed by atoms with Crippen molar-refractivity contribution in [3.8, 4) is 5.75 Å². The minimum atomic E-state index is -0.465. The molecule has 0 radical (unpaired) electrons. The van der Waals surface area contributed by atoms with E-state index in [2.05, 4.69) is 21.2 Å². The number of rotatable bonds is 4. The van der Waals surface area contributed by atoms with Crippen LogP contribution in [0.3, 0.4) is 0 Å². The standard InChI is InChI=1S/C14H11BrCl2FNO/c1-20-10-2-3-11(15)8(4-10)7-19-14-12(16)5-9(18)6-13(14)17/h2-6,19H,7H2,1H3. The quantitative estimate of drug-likeness (QED) is 0.756. The summed E-state index contributed by atoms with van der Waals surface area (Å²) in [4.78, 5) is 0. The molecular formula is C14H11BrCl2FNO. The van der Waals surface area contributed by atoms with Crippen LogP contribution >= 0.6 is 39.1 Å². The summed E-state index contributed by atoms with van der Waals surface area (Å²) < 4.78 is 19.2. The molecule has 20 heavy (non-hydrogen) atoms. The fourth-order valence-corrected chi connectivity index (χ4v) is 2.69. The zero-order chi connectivity index (χ0) is 14.7. The molecule has 1 N–H and O–H groups in total. The molecule has 0 unspecified atom stereocenters. The van der Waals surface area contributed by atoms with Crippen molar-refractivity contribution in [3.05, 3.63) is 56.2 Å². The maximum atomic E-state index is 13.1. The van der Waals surface area contributed by atoms with E-state index in [1.54, 1.807) is 7.11 Å². The van der Waals surface area contributed by atoms with Crippen LogP contribution in [0.15, 0.2) is 34.8 Å². The van der Waals surface area contributed by atoms with E-state index < -0.39 is 5.82 Å². The number of halogens is 4. The third kappa shape index (κ3) is 3.57. The first-order valence-electron chi connectivity index (χ1n) is 5.72. The van der Waals surface area contributed by atoms with Crippen molar-refractivity contribution in [3.63, 3.8) is 0 Å². The second kappa shape index (κ2) is 6.66. The average Bonchev–Trinajstić information content (AvgIpc) is 2.39. The summed E-state index contributed by atoms with van der Waals surface area (Å²) in [5.74, 6) is 0.286. The number of hydrogen-bond acceptors (Lipinski definition) is 2. The molecule has 0 fully saturated rings. The number of anilines is 1. The first-order chi connectivity index (χ1) is 9.51. The Morgan fingerprint density at radius 2 is 1.85 bits per heavy atom. The van der Waals surface area contributed by atoms with Gasteiger partial charge in [-0.1, -0.05) is 39.1 Å². The molecule has 0 aromatic heterocycles. The maximum Gasteiger partial charge on any atom is 0.126 e. The highest BCUT2D eigenvalue weighted by atomic mass is 79.9. The van der Waals surface area contributed by atoms with E-state index in [-0.39, 0.29) is 10.0 Å². The van der Waals surface area contributed by atoms with E-state index in [1.165, 1.54) is 12.1 Å². The van der Waals surface area contributed by atoms with Crippen molar-refractivity contribution in [1.29, 1.82) is 0 Å². The van der Waals surface area contributed by atoms with Gasteiger partial charge in [0.05, 0.1) is 22.8 Å². The van der Waals surface area contributed by atoms with Gasteiger partial charge in [0, 0.05) is 11.0 Å². The van der Waals surface area contributed by atoms with E-state index in [0.29, 0.717) is 12.2 Å². The van der Waals surface area contributed by atoms with Crippen LogP contribution in [0.5, 0.6) is 5.75 Å². The Hall–Kier alpha value is -0.970. The largest absolute Gasteiger partial charge is 0.497 e. The molecule has 0 aliphatic heterocycles. The van der Waals surface area contributed by atoms with E-state index in [1.807, 2.05) is 18.2 Å². The van der Waals surface area contributed by atoms with Crippen LogP contribution < -0.4 is 10.1 Å². The molecule has 0 saturated carbocycles. The fourth-order valence-electron chi connectivity index (χ4n) is 1.71. The minimum Gasteiger partial charge on any atom is -0.497 e. The van der Waals surface area contributed by atoms with Gasteiger partial charge in [-0.2, -0.15) is 0 Å². The molecule has 0 spiro atoms. The maximum absolute atomic E-state index is 13.1. The van der Waals surface area contributed by atoms with Gasteiger partial charge in [-0.25, -0.2) is 4.39 Å². The third-order valence-electron chi connectivity index (χ3n) is 2.72. The molecule has 0 heterocycles. The lowest BCUT2D eigenvalue weighted by atomic mass is 10.2. The van der Waals surface area contributed by atoms with Crippen molar-refractivity contribution >= 4 is 44.8 Å². The smallest absolute Gasteiger partial charge is 0.126 e. The van der Waals surface area contributed by atoms with Gasteiger partial charge >= 0.3 is 0 Å². The topological polar surface area (TPSA) is 21.3 Å². The van der Waals surface area contributed by atoms with Crippen LogP contribution in [-0.4, -0.2) is 7.11 Å². The summed E-state index contributed by atoms with van der Waals surface area (Å²) in [6.45, 7) is 0.475. The molecule has 0 aliphatic carbocycles. The molecule has 2 nitrogen and oxygen atoms in total. The van der Waals surface area contributed by atoms with Gasteiger partial charge in [0.2, 0.25) is 0 Å². The molecule has 2 rings (SSSR count). The second-order valence-electron chi connectivity index (χ2n) is 4.06. The highest BCUT2D eigenvalue weighted by Gasteiger charge is 2.09. The zero-order valence-corrected chi connectivity index (χ0v) is 13.6. The number of benzene rings is 2. The van der Waals surface area contributed by atoms with E-state index in [0.717, 1.165) is 15.8 Å². The summed E-state index contributed by atoms with van der Waals surface area (Å²) in [5, 5.41) is 3.59. The van der Waals surface area contributed by atoms with Gasteiger partial charge in [0.25, 0.3) is 0 Å². The molecule has 106 valence electrons. The van der Waals surface area contributed by atoms with Gasteiger partial charge in [-0.15, -0.1) is 0 Å². The molecule has 0 saturated heterocycles. The molecule has 0 aliphatic rings. The Kier molecular flexibility index (Phi) is 5.13. The molecule has 0 bridgehead atoms. The highest BCUT2D eigenvalue weighted by Crippen LogP contribution is 2.32. The number of methoxy groups -OCH3 is 1. The Bertz CT molecular complexity index is 614. The van der Waals surface area contributed by atoms with Gasteiger partial charge in [0.1, 0.15) is 11.6 Å². The highest BCUT2D eigenvalue weighted by molar-refractivity contribution is 9.10. The Balaban J connectivity index is 2.21. The summed E-state index contributed by atoms with van der Waals surface area (Å²) in [7, 11) is 1.61. The Labute approximate surface area is 135 Å². The van der Waals surface area contributed by atoms with Crippen molar-refractivity contribution in [2.24, 2.45) is 0 Å². The molecule has 0 atom stereocenters. The molecule has 2 aromatic rings. The molecule has 0 amide bonds. The first-order valence-corrected chi connectivity index (χ1v) is 7.27. The molecule has 2 aromatic carbocycles. The summed E-state index contributed by atoms with van der Waals surface area (Å²) >= 11 is 15.4. The normalized spacial score (nSPS) is 10.4. The van der Waals surface area contributed by atoms with E-state index in [9.17, 15) is 4.39 Å². The SMILES string of the molecule is COc1ccc(Br)c(CNc2c(Cl)cc(F)cc2Cl)c1. The predicted octanol–water partition coefficient (Wildman–Crippen LogP) is 5.52. The van der Waals surface area contributed by atoms with Crippen molar-refractivity contribution in [2.75, 3.05) is 12.4 Å². The Morgan fingerprint density at radius 3 is 2.45 bits per heavy atom. The van der Waals surface area contributed by atoms with Crippen molar-refractivity contribution in [1.82, 2.24) is 0 Å². The first kappa shape index (κ1) is 15.4. The van der Waals surface area contributed by atoms with Gasteiger partial charge in [0.15, 0.2) is 0 Å². The number of hydrogen-bond donors (Lipinski definition) is 1. The number of ether oxygens (including phenoxy) is 1. The van der Waals surface area contributed by atoms with Crippen LogP contribution in [0.2, 0.25) is 10.0 Å². The summed E-state index contributed by atoms with van der Waals surface area (Å²) in [6, 6.07) is 8.07. The number of nitrogens with one attached hydrogen (secondary N) is 1. The lowest BCUT2D eigenvalue weighted by molar-refractivity contribution is 0.414. The van der Waals surface area contributed by atoms with Crippen LogP contribution in [-0.2, 0) is 6.54 Å². The predicted molar refractivity (Wildman–Crippen MR) is 84.4 cm³/mol. The Morgan fingerprint density at radius 1 is 1.20 bits per heavy atom. The van der Waals surface area contributed by atoms with Crippen LogP contribution in [0.25, 0.3) is 0 Å². The second-order valence-corrected chi connectivity index (χ2v) is 5.72. The average molecular weight is 379 g/mol. The van der Waals surface area contributed by atoms with Crippen molar-refractivity contribution in [2.45, 2.75) is 6.54 Å². The van der Waals surface area contributed by atoms with Gasteiger partial charge < -0.3 is 10.1 Å². The monoisotopic (exact) mass is 377 g/mol. The van der Waals surface area contributed by atoms with Gasteiger partial charge in [-0.3, -0.25) is 0 Å². The zero-order valence-electron chi connectivity index (χ0n) is 10.5. The minimum absolute atomic E-state index is 0.244. The molecule has 6 heteroatoms. The van der Waals surface area contributed by atoms with Crippen LogP contribution in [0.4, 0.5) is 10.1 Å². The summed E-state index contributed by atoms with van der Waals surface area (Å²) in [5.41, 5.74) is 1.48. The lowest BCUT2D eigenvalue weighted by Crippen LogP contribution is -2.02. The van der Waals surface area contributed by atoms with E-state index >= 15 is 0 Å². The third-order valence-corrected chi connectivity index (χ3v) is 4.09. The van der Waals surface area contributed by atoms with Crippen molar-refractivity contribution < 1.29 is 9.13 Å². The van der Waals surface area contributed by atoms with Crippen LogP contribution in [0, 0.1) is 5.82 Å². The summed E-state index contributed by atoms with van der Waals surface area (Å²) in [6.07, 6.45) is 0. The van der Waals surface area contributed by atoms with Crippen LogP contribution in [0.1, 0.15) is 5.56 Å². The van der Waals surface area contributed by atoms with E-state index in [4.69, 9.17) is 27.9 Å². The lowest BCUT2D eigenvalue weighted by Gasteiger charge is -2.12. The fraction of sp³-hybridized carbons (Fsp3) is 0.143. The van der Waals surface area contributed by atoms with Gasteiger partial charge in [-0.05, 0) is 35.9 Å². The molecular weight excluding hydrogens is 368 g/mol.